The number of rotatable bonds is 5. The van der Waals surface area contributed by atoms with Gasteiger partial charge in [0.1, 0.15) is 16.9 Å². The first-order valence-electron chi connectivity index (χ1n) is 9.30. The quantitative estimate of drug-likeness (QED) is 0.638. The molecule has 1 fully saturated rings. The lowest BCUT2D eigenvalue weighted by atomic mass is 10.1. The number of carbonyl (C=O) groups is 2. The average Bonchev–Trinajstić information content (AvgIpc) is 3.15. The Morgan fingerprint density at radius 1 is 1.10 bits per heavy atom. The van der Waals surface area contributed by atoms with E-state index in [0.29, 0.717) is 28.4 Å². The van der Waals surface area contributed by atoms with Gasteiger partial charge in [0.15, 0.2) is 0 Å². The second kappa shape index (κ2) is 8.59. The van der Waals surface area contributed by atoms with E-state index in [9.17, 15) is 14.0 Å². The van der Waals surface area contributed by atoms with Gasteiger partial charge in [-0.3, -0.25) is 14.5 Å². The summed E-state index contributed by atoms with van der Waals surface area (Å²) in [5.74, 6) is 0.268. The molecule has 0 bridgehead atoms. The molecular weight excluding hydrogens is 403 g/mol. The first-order valence-corrected chi connectivity index (χ1v) is 10.3. The van der Waals surface area contributed by atoms with E-state index in [1.807, 2.05) is 18.2 Å². The van der Waals surface area contributed by atoms with Crippen LogP contribution in [0.2, 0.25) is 0 Å². The maximum atomic E-state index is 13.7. The predicted octanol–water partition coefficient (Wildman–Crippen LogP) is 4.87. The molecule has 0 saturated carbocycles. The Morgan fingerprint density at radius 2 is 1.87 bits per heavy atom. The Morgan fingerprint density at radius 3 is 2.60 bits per heavy atom. The van der Waals surface area contributed by atoms with Crippen molar-refractivity contribution in [3.63, 3.8) is 0 Å². The fourth-order valence-corrected chi connectivity index (χ4v) is 4.46. The van der Waals surface area contributed by atoms with Gasteiger partial charge in [-0.1, -0.05) is 18.2 Å². The summed E-state index contributed by atoms with van der Waals surface area (Å²) in [5, 5.41) is 2.59. The van der Waals surface area contributed by atoms with Crippen molar-refractivity contribution in [1.29, 1.82) is 0 Å². The first-order chi connectivity index (χ1) is 14.5. The molecule has 1 saturated heterocycles. The van der Waals surface area contributed by atoms with E-state index < -0.39 is 5.82 Å². The zero-order valence-electron chi connectivity index (χ0n) is 16.2. The molecule has 0 unspecified atom stereocenters. The lowest BCUT2D eigenvalue weighted by Crippen LogP contribution is -2.27. The number of hydrogen-bond donors (Lipinski definition) is 1. The van der Waals surface area contributed by atoms with E-state index in [1.54, 1.807) is 54.5 Å². The molecule has 4 rings (SSSR count). The Bertz CT molecular complexity index is 1090. The van der Waals surface area contributed by atoms with Crippen molar-refractivity contribution < 1.29 is 18.7 Å². The van der Waals surface area contributed by atoms with Crippen molar-refractivity contribution in [3.8, 4) is 5.75 Å². The van der Waals surface area contributed by atoms with Gasteiger partial charge in [-0.25, -0.2) is 4.39 Å². The summed E-state index contributed by atoms with van der Waals surface area (Å²) in [4.78, 5) is 26.6. The van der Waals surface area contributed by atoms with Crippen LogP contribution in [0.3, 0.4) is 0 Å². The molecule has 3 aromatic carbocycles. The van der Waals surface area contributed by atoms with Gasteiger partial charge in [0.25, 0.3) is 5.91 Å². The molecule has 0 spiro atoms. The van der Waals surface area contributed by atoms with Crippen molar-refractivity contribution >= 4 is 35.0 Å². The van der Waals surface area contributed by atoms with Gasteiger partial charge in [0, 0.05) is 16.9 Å². The van der Waals surface area contributed by atoms with Crippen molar-refractivity contribution in [1.82, 2.24) is 0 Å². The van der Waals surface area contributed by atoms with Crippen molar-refractivity contribution in [3.05, 3.63) is 89.7 Å². The van der Waals surface area contributed by atoms with Gasteiger partial charge in [-0.15, -0.1) is 11.8 Å². The molecule has 1 N–H and O–H groups in total. The van der Waals surface area contributed by atoms with Gasteiger partial charge in [-0.2, -0.15) is 0 Å². The zero-order chi connectivity index (χ0) is 21.1. The Labute approximate surface area is 177 Å². The van der Waals surface area contributed by atoms with Crippen LogP contribution in [0.15, 0.2) is 72.8 Å². The normalized spacial score (nSPS) is 15.9. The summed E-state index contributed by atoms with van der Waals surface area (Å²) < 4.78 is 18.8. The summed E-state index contributed by atoms with van der Waals surface area (Å²) in [7, 11) is 1.57. The number of ether oxygens (including phenoxy) is 1. The third-order valence-electron chi connectivity index (χ3n) is 4.74. The standard InChI is InChI=1S/C23H19FN2O3S/c1-29-20-10-8-15(9-11-20)22(28)25-18-6-2-4-16(12-18)23-26(21(27)14-30-23)19-7-3-5-17(24)13-19/h2-13,23H,14H2,1H3,(H,25,28)/t23-/m1/s1. The van der Waals surface area contributed by atoms with Crippen LogP contribution < -0.4 is 15.0 Å². The van der Waals surface area contributed by atoms with Crippen molar-refractivity contribution in [2.24, 2.45) is 0 Å². The lowest BCUT2D eigenvalue weighted by molar-refractivity contribution is -0.115. The first kappa shape index (κ1) is 20.0. The van der Waals surface area contributed by atoms with Gasteiger partial charge >= 0.3 is 0 Å². The van der Waals surface area contributed by atoms with Gasteiger partial charge < -0.3 is 10.1 Å². The number of nitrogens with zero attached hydrogens (tertiary/aromatic N) is 1. The fourth-order valence-electron chi connectivity index (χ4n) is 3.29. The molecular formula is C23H19FN2O3S. The van der Waals surface area contributed by atoms with E-state index in [2.05, 4.69) is 5.32 Å². The SMILES string of the molecule is COc1ccc(C(=O)Nc2cccc([C@H]3SCC(=O)N3c3cccc(F)c3)c2)cc1. The topological polar surface area (TPSA) is 58.6 Å². The highest BCUT2D eigenvalue weighted by atomic mass is 32.2. The van der Waals surface area contributed by atoms with Crippen molar-refractivity contribution in [2.45, 2.75) is 5.37 Å². The molecule has 0 aliphatic carbocycles. The van der Waals surface area contributed by atoms with E-state index in [4.69, 9.17) is 4.74 Å². The largest absolute Gasteiger partial charge is 0.497 e. The number of anilines is 2. The number of thioether (sulfide) groups is 1. The second-order valence-corrected chi connectivity index (χ2v) is 7.78. The number of hydrogen-bond acceptors (Lipinski definition) is 4. The van der Waals surface area contributed by atoms with Crippen LogP contribution in [-0.2, 0) is 4.79 Å². The number of amides is 2. The smallest absolute Gasteiger partial charge is 0.255 e. The van der Waals surface area contributed by atoms with E-state index in [1.165, 1.54) is 23.9 Å². The third kappa shape index (κ3) is 4.16. The van der Waals surface area contributed by atoms with Gasteiger partial charge in [-0.05, 0) is 60.2 Å². The van der Waals surface area contributed by atoms with Crippen molar-refractivity contribution in [2.75, 3.05) is 23.1 Å². The zero-order valence-corrected chi connectivity index (χ0v) is 17.0. The van der Waals surface area contributed by atoms with Crippen LogP contribution in [0.5, 0.6) is 5.75 Å². The molecule has 1 aliphatic heterocycles. The van der Waals surface area contributed by atoms with E-state index in [-0.39, 0.29) is 17.2 Å². The molecule has 7 heteroatoms. The highest BCUT2D eigenvalue weighted by Gasteiger charge is 2.34. The Hall–Kier alpha value is -3.32. The minimum atomic E-state index is -0.392. The summed E-state index contributed by atoms with van der Waals surface area (Å²) >= 11 is 1.47. The molecule has 30 heavy (non-hydrogen) atoms. The highest BCUT2D eigenvalue weighted by molar-refractivity contribution is 8.00. The summed E-state index contributed by atoms with van der Waals surface area (Å²) in [6, 6.07) is 20.2. The Balaban J connectivity index is 1.56. The molecule has 0 aromatic heterocycles. The van der Waals surface area contributed by atoms with Crippen LogP contribution in [0.1, 0.15) is 21.3 Å². The second-order valence-electron chi connectivity index (χ2n) is 6.72. The number of benzene rings is 3. The maximum Gasteiger partial charge on any atom is 0.255 e. The molecule has 1 aliphatic rings. The maximum absolute atomic E-state index is 13.7. The molecule has 5 nitrogen and oxygen atoms in total. The minimum Gasteiger partial charge on any atom is -0.497 e. The number of halogens is 1. The van der Waals surface area contributed by atoms with E-state index >= 15 is 0 Å². The number of carbonyl (C=O) groups excluding carboxylic acids is 2. The van der Waals surface area contributed by atoms with Gasteiger partial charge in [0.2, 0.25) is 5.91 Å². The molecule has 3 aromatic rings. The molecule has 1 heterocycles. The van der Waals surface area contributed by atoms with Crippen LogP contribution in [0, 0.1) is 5.82 Å². The average molecular weight is 422 g/mol. The Kier molecular flexibility index (Phi) is 5.72. The van der Waals surface area contributed by atoms with Gasteiger partial charge in [0.05, 0.1) is 12.9 Å². The van der Waals surface area contributed by atoms with Crippen LogP contribution in [0.25, 0.3) is 0 Å². The predicted molar refractivity (Wildman–Crippen MR) is 116 cm³/mol. The summed E-state index contributed by atoms with van der Waals surface area (Å²) in [5.41, 5.74) is 2.49. The molecule has 152 valence electrons. The molecule has 2 amide bonds. The summed E-state index contributed by atoms with van der Waals surface area (Å²) in [6.45, 7) is 0. The third-order valence-corrected chi connectivity index (χ3v) is 5.95. The van der Waals surface area contributed by atoms with Crippen LogP contribution >= 0.6 is 11.8 Å². The molecule has 1 atom stereocenters. The number of methoxy groups -OCH3 is 1. The van der Waals surface area contributed by atoms with E-state index in [0.717, 1.165) is 5.56 Å². The van der Waals surface area contributed by atoms with Crippen LogP contribution in [0.4, 0.5) is 15.8 Å². The van der Waals surface area contributed by atoms with Crippen LogP contribution in [-0.4, -0.2) is 24.7 Å². The summed E-state index contributed by atoms with van der Waals surface area (Å²) in [6.07, 6.45) is 0. The highest BCUT2D eigenvalue weighted by Crippen LogP contribution is 2.42. The monoisotopic (exact) mass is 422 g/mol. The minimum absolute atomic E-state index is 0.0803. The lowest BCUT2D eigenvalue weighted by Gasteiger charge is -2.24. The number of nitrogens with one attached hydrogen (secondary N) is 1. The molecule has 0 radical (unpaired) electrons. The fraction of sp³-hybridized carbons (Fsp3) is 0.130.